The third kappa shape index (κ3) is 2.37. The van der Waals surface area contributed by atoms with Crippen molar-refractivity contribution in [3.8, 4) is 0 Å². The molecular weight excluding hydrogens is 172 g/mol. The Hall–Kier alpha value is 0.250. The summed E-state index contributed by atoms with van der Waals surface area (Å²) in [7, 11) is 0. The van der Waals surface area contributed by atoms with E-state index < -0.39 is 0 Å². The molecule has 0 aromatic heterocycles. The summed E-state index contributed by atoms with van der Waals surface area (Å²) in [6.07, 6.45) is 2.68. The summed E-state index contributed by atoms with van der Waals surface area (Å²) in [5, 5.41) is 9.40. The second-order valence-corrected chi connectivity index (χ2v) is 5.52. The predicted octanol–water partition coefficient (Wildman–Crippen LogP) is 2.80. The first kappa shape index (κ1) is 10.3. The largest absolute Gasteiger partial charge is 0.392 e. The lowest BCUT2D eigenvalue weighted by molar-refractivity contribution is 0.0765. The molecule has 1 aliphatic carbocycles. The summed E-state index contributed by atoms with van der Waals surface area (Å²) in [5.74, 6) is 0.670. The van der Waals surface area contributed by atoms with E-state index >= 15 is 0 Å². The molecule has 0 amide bonds. The normalized spacial score (nSPS) is 38.2. The maximum atomic E-state index is 9.43. The van der Waals surface area contributed by atoms with Crippen LogP contribution in [0.5, 0.6) is 0 Å². The zero-order valence-corrected chi connectivity index (χ0v) is 8.93. The van der Waals surface area contributed by atoms with Gasteiger partial charge >= 0.3 is 0 Å². The Balaban J connectivity index is 2.51. The zero-order chi connectivity index (χ0) is 9.35. The molecule has 1 saturated carbocycles. The van der Waals surface area contributed by atoms with E-state index in [1.807, 2.05) is 0 Å². The Bertz CT molecular complexity index is 150. The van der Waals surface area contributed by atoms with Crippen molar-refractivity contribution in [2.75, 3.05) is 0 Å². The van der Waals surface area contributed by atoms with Gasteiger partial charge in [0.2, 0.25) is 0 Å². The van der Waals surface area contributed by atoms with Crippen LogP contribution in [0.15, 0.2) is 0 Å². The quantitative estimate of drug-likeness (QED) is 0.583. The molecule has 0 bridgehead atoms. The Morgan fingerprint density at radius 1 is 1.25 bits per heavy atom. The molecule has 1 aliphatic rings. The van der Waals surface area contributed by atoms with Gasteiger partial charge < -0.3 is 5.11 Å². The molecule has 72 valence electrons. The van der Waals surface area contributed by atoms with Crippen LogP contribution in [-0.2, 0) is 0 Å². The minimum Gasteiger partial charge on any atom is -0.392 e. The van der Waals surface area contributed by atoms with Crippen molar-refractivity contribution >= 4 is 11.6 Å². The van der Waals surface area contributed by atoms with Gasteiger partial charge in [0.1, 0.15) is 0 Å². The van der Waals surface area contributed by atoms with E-state index in [1.165, 1.54) is 0 Å². The molecule has 1 nitrogen and oxygen atoms in total. The number of hydrogen-bond acceptors (Lipinski definition) is 1. The predicted molar refractivity (Wildman–Crippen MR) is 52.4 cm³/mol. The highest BCUT2D eigenvalue weighted by Gasteiger charge is 2.33. The second-order valence-electron chi connectivity index (χ2n) is 4.96. The number of rotatable bonds is 0. The van der Waals surface area contributed by atoms with Crippen LogP contribution in [0.25, 0.3) is 0 Å². The lowest BCUT2D eigenvalue weighted by atomic mass is 9.72. The molecule has 0 heterocycles. The first-order chi connectivity index (χ1) is 5.41. The molecule has 0 aliphatic heterocycles. The average Bonchev–Trinajstić information content (AvgIpc) is 1.92. The van der Waals surface area contributed by atoms with Gasteiger partial charge in [0.15, 0.2) is 0 Å². The molecule has 0 aromatic carbocycles. The third-order valence-electron chi connectivity index (χ3n) is 2.96. The van der Waals surface area contributed by atoms with Gasteiger partial charge in [-0.1, -0.05) is 20.8 Å². The SMILES string of the molecule is CC(C)(C)[C@H]1CC[C@H](O)[C@H](Cl)C1. The van der Waals surface area contributed by atoms with Gasteiger partial charge in [0.25, 0.3) is 0 Å². The summed E-state index contributed by atoms with van der Waals surface area (Å²) >= 11 is 6.02. The molecule has 2 heteroatoms. The summed E-state index contributed by atoms with van der Waals surface area (Å²) in [6, 6.07) is 0. The monoisotopic (exact) mass is 190 g/mol. The number of halogens is 1. The first-order valence-corrected chi connectivity index (χ1v) is 5.17. The maximum Gasteiger partial charge on any atom is 0.0703 e. The van der Waals surface area contributed by atoms with Crippen LogP contribution >= 0.6 is 11.6 Å². The fourth-order valence-electron chi connectivity index (χ4n) is 1.89. The Morgan fingerprint density at radius 3 is 2.25 bits per heavy atom. The standard InChI is InChI=1S/C10H19ClO/c1-10(2,3)7-4-5-9(12)8(11)6-7/h7-9,12H,4-6H2,1-3H3/t7-,8+,9-/m0/s1. The van der Waals surface area contributed by atoms with E-state index in [0.717, 1.165) is 19.3 Å². The van der Waals surface area contributed by atoms with Gasteiger partial charge in [-0.25, -0.2) is 0 Å². The average molecular weight is 191 g/mol. The topological polar surface area (TPSA) is 20.2 Å². The van der Waals surface area contributed by atoms with Crippen molar-refractivity contribution in [3.63, 3.8) is 0 Å². The molecule has 1 fully saturated rings. The molecule has 0 spiro atoms. The Labute approximate surface area is 80.1 Å². The van der Waals surface area contributed by atoms with Crippen molar-refractivity contribution < 1.29 is 5.11 Å². The van der Waals surface area contributed by atoms with Crippen molar-refractivity contribution in [1.29, 1.82) is 0 Å². The Morgan fingerprint density at radius 2 is 1.83 bits per heavy atom. The maximum absolute atomic E-state index is 9.43. The molecular formula is C10H19ClO. The minimum absolute atomic E-state index is 0.0250. The van der Waals surface area contributed by atoms with Crippen LogP contribution in [0.3, 0.4) is 0 Å². The zero-order valence-electron chi connectivity index (χ0n) is 8.18. The van der Waals surface area contributed by atoms with Crippen LogP contribution in [0.2, 0.25) is 0 Å². The van der Waals surface area contributed by atoms with Crippen molar-refractivity contribution in [1.82, 2.24) is 0 Å². The van der Waals surface area contributed by atoms with Crippen molar-refractivity contribution in [2.24, 2.45) is 11.3 Å². The van der Waals surface area contributed by atoms with Crippen LogP contribution in [-0.4, -0.2) is 16.6 Å². The number of alkyl halides is 1. The van der Waals surface area contributed by atoms with Gasteiger partial charge in [-0.2, -0.15) is 0 Å². The lowest BCUT2D eigenvalue weighted by Crippen LogP contribution is -2.35. The number of aliphatic hydroxyl groups is 1. The molecule has 0 saturated heterocycles. The molecule has 0 aromatic rings. The molecule has 0 unspecified atom stereocenters. The van der Waals surface area contributed by atoms with Crippen LogP contribution in [0.4, 0.5) is 0 Å². The second kappa shape index (κ2) is 3.55. The van der Waals surface area contributed by atoms with Crippen LogP contribution in [0.1, 0.15) is 40.0 Å². The molecule has 3 atom stereocenters. The molecule has 1 N–H and O–H groups in total. The highest BCUT2D eigenvalue weighted by molar-refractivity contribution is 6.21. The summed E-state index contributed by atoms with van der Waals surface area (Å²) in [4.78, 5) is 0. The van der Waals surface area contributed by atoms with E-state index in [4.69, 9.17) is 11.6 Å². The highest BCUT2D eigenvalue weighted by Crippen LogP contribution is 2.39. The molecule has 1 rings (SSSR count). The fraction of sp³-hybridized carbons (Fsp3) is 1.00. The van der Waals surface area contributed by atoms with Gasteiger partial charge in [-0.3, -0.25) is 0 Å². The summed E-state index contributed by atoms with van der Waals surface area (Å²) in [5.41, 5.74) is 0.341. The van der Waals surface area contributed by atoms with Crippen molar-refractivity contribution in [2.45, 2.75) is 51.5 Å². The Kier molecular flexibility index (Phi) is 3.06. The molecule has 12 heavy (non-hydrogen) atoms. The smallest absolute Gasteiger partial charge is 0.0703 e. The van der Waals surface area contributed by atoms with Gasteiger partial charge in [0, 0.05) is 0 Å². The number of aliphatic hydroxyl groups excluding tert-OH is 1. The fourth-order valence-corrected chi connectivity index (χ4v) is 2.23. The van der Waals surface area contributed by atoms with Crippen LogP contribution in [0, 0.1) is 11.3 Å². The first-order valence-electron chi connectivity index (χ1n) is 4.73. The lowest BCUT2D eigenvalue weighted by Gasteiger charge is -2.37. The van der Waals surface area contributed by atoms with Crippen LogP contribution < -0.4 is 0 Å². The molecule has 0 radical (unpaired) electrons. The van der Waals surface area contributed by atoms with E-state index in [2.05, 4.69) is 20.8 Å². The van der Waals surface area contributed by atoms with Gasteiger partial charge in [-0.05, 0) is 30.6 Å². The van der Waals surface area contributed by atoms with Gasteiger partial charge in [-0.15, -0.1) is 11.6 Å². The van der Waals surface area contributed by atoms with E-state index in [-0.39, 0.29) is 11.5 Å². The third-order valence-corrected chi connectivity index (χ3v) is 3.43. The number of hydrogen-bond donors (Lipinski definition) is 1. The highest BCUT2D eigenvalue weighted by atomic mass is 35.5. The summed E-state index contributed by atoms with van der Waals surface area (Å²) < 4.78 is 0. The van der Waals surface area contributed by atoms with Crippen molar-refractivity contribution in [3.05, 3.63) is 0 Å². The van der Waals surface area contributed by atoms with Gasteiger partial charge in [0.05, 0.1) is 11.5 Å². The van der Waals surface area contributed by atoms with E-state index in [0.29, 0.717) is 11.3 Å². The van der Waals surface area contributed by atoms with E-state index in [9.17, 15) is 5.11 Å². The minimum atomic E-state index is -0.273. The van der Waals surface area contributed by atoms with E-state index in [1.54, 1.807) is 0 Å². The summed E-state index contributed by atoms with van der Waals surface area (Å²) in [6.45, 7) is 6.75.